The van der Waals surface area contributed by atoms with Crippen LogP contribution in [0.1, 0.15) is 40.5 Å². The molecule has 0 aromatic rings. The van der Waals surface area contributed by atoms with Gasteiger partial charge in [0.2, 0.25) is 0 Å². The van der Waals surface area contributed by atoms with Gasteiger partial charge in [0.1, 0.15) is 0 Å². The maximum Gasteiger partial charge on any atom is -0.00518 e. The smallest absolute Gasteiger partial charge is 0.00518 e. The quantitative estimate of drug-likeness (QED) is 0.683. The van der Waals surface area contributed by atoms with Crippen LogP contribution in [0.15, 0.2) is 0 Å². The van der Waals surface area contributed by atoms with Crippen LogP contribution in [0.2, 0.25) is 0 Å². The van der Waals surface area contributed by atoms with Crippen molar-refractivity contribution in [3.63, 3.8) is 0 Å². The van der Waals surface area contributed by atoms with Crippen LogP contribution in [0.3, 0.4) is 0 Å². The van der Waals surface area contributed by atoms with Gasteiger partial charge in [0.25, 0.3) is 0 Å². The highest BCUT2D eigenvalue weighted by molar-refractivity contribution is 4.89. The summed E-state index contributed by atoms with van der Waals surface area (Å²) in [5.74, 6) is 4.66. The van der Waals surface area contributed by atoms with Crippen molar-refractivity contribution in [3.8, 4) is 0 Å². The topological polar surface area (TPSA) is 12.0 Å². The summed E-state index contributed by atoms with van der Waals surface area (Å²) >= 11 is 0. The molecule has 0 amide bonds. The van der Waals surface area contributed by atoms with Gasteiger partial charge in [-0.25, -0.2) is 0 Å². The van der Waals surface area contributed by atoms with Crippen molar-refractivity contribution in [3.05, 3.63) is 0 Å². The van der Waals surface area contributed by atoms with E-state index in [1.54, 1.807) is 0 Å². The highest BCUT2D eigenvalue weighted by atomic mass is 14.8. The molecule has 0 radical (unpaired) electrons. The van der Waals surface area contributed by atoms with Gasteiger partial charge in [0, 0.05) is 0 Å². The Morgan fingerprint density at radius 1 is 0.857 bits per heavy atom. The van der Waals surface area contributed by atoms with Crippen LogP contribution in [-0.4, -0.2) is 13.6 Å². The average Bonchev–Trinajstić information content (AvgIpc) is 2.35. The molecule has 1 rings (SSSR count). The average molecular weight is 197 g/mol. The second-order valence-corrected chi connectivity index (χ2v) is 5.35. The molecule has 1 fully saturated rings. The summed E-state index contributed by atoms with van der Waals surface area (Å²) in [5, 5.41) is 3.24. The van der Waals surface area contributed by atoms with E-state index >= 15 is 0 Å². The van der Waals surface area contributed by atoms with Gasteiger partial charge in [0.05, 0.1) is 0 Å². The zero-order valence-corrected chi connectivity index (χ0v) is 10.5. The fourth-order valence-corrected chi connectivity index (χ4v) is 3.26. The maximum atomic E-state index is 3.24. The van der Waals surface area contributed by atoms with E-state index in [9.17, 15) is 0 Å². The Morgan fingerprint density at radius 3 is 1.79 bits per heavy atom. The van der Waals surface area contributed by atoms with E-state index in [1.807, 2.05) is 7.05 Å². The van der Waals surface area contributed by atoms with Gasteiger partial charge in [-0.15, -0.1) is 0 Å². The molecule has 1 aliphatic carbocycles. The number of rotatable bonds is 4. The highest BCUT2D eigenvalue weighted by Gasteiger charge is 2.40. The maximum absolute atomic E-state index is 3.24. The highest BCUT2D eigenvalue weighted by Crippen LogP contribution is 2.47. The fraction of sp³-hybridized carbons (Fsp3) is 1.00. The van der Waals surface area contributed by atoms with Crippen LogP contribution >= 0.6 is 0 Å². The van der Waals surface area contributed by atoms with Crippen LogP contribution in [0.5, 0.6) is 0 Å². The first-order valence-corrected chi connectivity index (χ1v) is 6.24. The molecule has 0 aliphatic heterocycles. The molecule has 84 valence electrons. The van der Waals surface area contributed by atoms with E-state index in [1.165, 1.54) is 19.4 Å². The molecule has 0 aromatic carbocycles. The van der Waals surface area contributed by atoms with Gasteiger partial charge in [-0.1, -0.05) is 27.7 Å². The molecular weight excluding hydrogens is 170 g/mol. The normalized spacial score (nSPS) is 43.1. The number of nitrogens with one attached hydrogen (secondary N) is 1. The van der Waals surface area contributed by atoms with E-state index < -0.39 is 0 Å². The lowest BCUT2D eigenvalue weighted by atomic mass is 9.85. The molecule has 4 unspecified atom stereocenters. The van der Waals surface area contributed by atoms with Gasteiger partial charge < -0.3 is 5.32 Å². The predicted octanol–water partition coefficient (Wildman–Crippen LogP) is 3.16. The summed E-state index contributed by atoms with van der Waals surface area (Å²) in [6.07, 6.45) is 2.76. The molecule has 14 heavy (non-hydrogen) atoms. The first kappa shape index (κ1) is 12.0. The second kappa shape index (κ2) is 5.16. The summed E-state index contributed by atoms with van der Waals surface area (Å²) in [5.41, 5.74) is 0. The summed E-state index contributed by atoms with van der Waals surface area (Å²) in [6, 6.07) is 0. The van der Waals surface area contributed by atoms with Crippen LogP contribution in [0, 0.1) is 29.6 Å². The fourth-order valence-electron chi connectivity index (χ4n) is 3.26. The van der Waals surface area contributed by atoms with Gasteiger partial charge in [-0.2, -0.15) is 0 Å². The Morgan fingerprint density at radius 2 is 1.36 bits per heavy atom. The third kappa shape index (κ3) is 2.31. The zero-order chi connectivity index (χ0) is 10.7. The first-order chi connectivity index (χ1) is 6.59. The molecular formula is C13H27N. The van der Waals surface area contributed by atoms with Crippen molar-refractivity contribution < 1.29 is 0 Å². The summed E-state index contributed by atoms with van der Waals surface area (Å²) in [6.45, 7) is 11.0. The SMILES string of the molecule is CNCCCC1C(C)C(C)C(C)C1C. The Bertz CT molecular complexity index is 153. The van der Waals surface area contributed by atoms with Gasteiger partial charge in [-0.05, 0) is 56.0 Å². The molecule has 0 spiro atoms. The number of hydrogen-bond acceptors (Lipinski definition) is 1. The molecule has 1 heteroatoms. The molecule has 1 N–H and O–H groups in total. The van der Waals surface area contributed by atoms with Crippen LogP contribution in [0.25, 0.3) is 0 Å². The number of hydrogen-bond donors (Lipinski definition) is 1. The van der Waals surface area contributed by atoms with E-state index in [4.69, 9.17) is 0 Å². The molecule has 1 aliphatic rings. The van der Waals surface area contributed by atoms with E-state index in [0.29, 0.717) is 0 Å². The van der Waals surface area contributed by atoms with Gasteiger partial charge in [0.15, 0.2) is 0 Å². The molecule has 4 atom stereocenters. The van der Waals surface area contributed by atoms with Crippen molar-refractivity contribution in [2.75, 3.05) is 13.6 Å². The van der Waals surface area contributed by atoms with E-state index in [0.717, 1.165) is 29.6 Å². The Labute approximate surface area is 89.7 Å². The monoisotopic (exact) mass is 197 g/mol. The Hall–Kier alpha value is -0.0400. The summed E-state index contributed by atoms with van der Waals surface area (Å²) in [7, 11) is 2.05. The molecule has 1 nitrogen and oxygen atoms in total. The van der Waals surface area contributed by atoms with Gasteiger partial charge in [-0.3, -0.25) is 0 Å². The van der Waals surface area contributed by atoms with E-state index in [-0.39, 0.29) is 0 Å². The minimum atomic E-state index is 0.921. The lowest BCUT2D eigenvalue weighted by molar-refractivity contribution is 0.293. The Kier molecular flexibility index (Phi) is 4.43. The third-order valence-corrected chi connectivity index (χ3v) is 4.80. The van der Waals surface area contributed by atoms with Crippen molar-refractivity contribution in [1.29, 1.82) is 0 Å². The van der Waals surface area contributed by atoms with Gasteiger partial charge >= 0.3 is 0 Å². The third-order valence-electron chi connectivity index (χ3n) is 4.80. The van der Waals surface area contributed by atoms with Crippen LogP contribution in [0.4, 0.5) is 0 Å². The standard InChI is InChI=1S/C13H27N/c1-9-10(2)12(4)13(11(9)3)7-6-8-14-5/h9-14H,6-8H2,1-5H3. The van der Waals surface area contributed by atoms with Crippen molar-refractivity contribution in [2.45, 2.75) is 40.5 Å². The lowest BCUT2D eigenvalue weighted by Gasteiger charge is -2.21. The van der Waals surface area contributed by atoms with Crippen LogP contribution in [-0.2, 0) is 0 Å². The van der Waals surface area contributed by atoms with Crippen molar-refractivity contribution >= 4 is 0 Å². The Balaban J connectivity index is 2.43. The molecule has 0 aromatic heterocycles. The summed E-state index contributed by atoms with van der Waals surface area (Å²) < 4.78 is 0. The zero-order valence-electron chi connectivity index (χ0n) is 10.5. The molecule has 0 saturated heterocycles. The van der Waals surface area contributed by atoms with Crippen LogP contribution < -0.4 is 5.32 Å². The summed E-state index contributed by atoms with van der Waals surface area (Å²) in [4.78, 5) is 0. The predicted molar refractivity (Wildman–Crippen MR) is 63.3 cm³/mol. The van der Waals surface area contributed by atoms with Crippen molar-refractivity contribution in [2.24, 2.45) is 29.6 Å². The van der Waals surface area contributed by atoms with Crippen molar-refractivity contribution in [1.82, 2.24) is 5.32 Å². The molecule has 1 saturated carbocycles. The minimum Gasteiger partial charge on any atom is -0.320 e. The minimum absolute atomic E-state index is 0.921. The first-order valence-electron chi connectivity index (χ1n) is 6.24. The lowest BCUT2D eigenvalue weighted by Crippen LogP contribution is -2.16. The second-order valence-electron chi connectivity index (χ2n) is 5.35. The molecule has 0 bridgehead atoms. The molecule has 0 heterocycles. The largest absolute Gasteiger partial charge is 0.320 e. The van der Waals surface area contributed by atoms with E-state index in [2.05, 4.69) is 33.0 Å².